The smallest absolute Gasteiger partial charge is 0.306 e. The molecule has 0 saturated carbocycles. The molecule has 0 aromatic carbocycles. The normalized spacial score (nSPS) is 13.3. The van der Waals surface area contributed by atoms with Crippen LogP contribution in [0.2, 0.25) is 0 Å². The summed E-state index contributed by atoms with van der Waals surface area (Å²) in [5.74, 6) is -0.635. The zero-order chi connectivity index (χ0) is 47.0. The first kappa shape index (κ1) is 61.0. The van der Waals surface area contributed by atoms with Crippen LogP contribution in [0.15, 0.2) is 134 Å². The molecule has 1 N–H and O–H groups in total. The second-order valence-corrected chi connectivity index (χ2v) is 16.9. The molecule has 1 atom stereocenters. The molecular formula is C60H96O5. The standard InChI is InChI=1S/C60H96O5/c1-3-5-7-9-11-13-15-17-19-20-21-22-23-24-25-26-27-28-29-30-31-32-33-34-35-36-37-38-39-40-41-43-45-47-49-51-53-55-60(63)65-58(56-61)57-64-59(62)54-52-50-48-46-44-42-18-16-14-12-10-8-6-4-2/h5,7,11,13,17,19,21-22,24-25,27-28,30-31,33-34,36-37,39-40,43,45,58,61H,3-4,6,8-10,12,14-16,18,20,23,26,29,32,35,38,41-42,44,46-57H2,1-2H3/b7-5-,13-11-,19-17-,22-21-,25-24-,28-27-,31-30-,34-33-,37-36-,40-39-,45-43-. The van der Waals surface area contributed by atoms with Gasteiger partial charge in [-0.05, 0) is 96.3 Å². The van der Waals surface area contributed by atoms with Crippen LogP contribution in [0.25, 0.3) is 0 Å². The Balaban J connectivity index is 3.69. The number of hydrogen-bond acceptors (Lipinski definition) is 5. The Morgan fingerprint density at radius 2 is 0.662 bits per heavy atom. The zero-order valence-corrected chi connectivity index (χ0v) is 41.7. The maximum absolute atomic E-state index is 12.2. The van der Waals surface area contributed by atoms with E-state index in [-0.39, 0.29) is 25.2 Å². The van der Waals surface area contributed by atoms with E-state index in [4.69, 9.17) is 9.47 Å². The quantitative estimate of drug-likeness (QED) is 0.0374. The zero-order valence-electron chi connectivity index (χ0n) is 41.7. The molecule has 5 heteroatoms. The third kappa shape index (κ3) is 52.5. The van der Waals surface area contributed by atoms with E-state index < -0.39 is 6.10 Å². The lowest BCUT2D eigenvalue weighted by Gasteiger charge is -2.15. The average molecular weight is 897 g/mol. The van der Waals surface area contributed by atoms with Gasteiger partial charge in [-0.25, -0.2) is 0 Å². The van der Waals surface area contributed by atoms with Gasteiger partial charge in [0.2, 0.25) is 0 Å². The van der Waals surface area contributed by atoms with Gasteiger partial charge < -0.3 is 14.6 Å². The molecule has 1 unspecified atom stereocenters. The lowest BCUT2D eigenvalue weighted by molar-refractivity contribution is -0.161. The highest BCUT2D eigenvalue weighted by Crippen LogP contribution is 2.14. The Morgan fingerprint density at radius 3 is 1.00 bits per heavy atom. The van der Waals surface area contributed by atoms with E-state index in [1.54, 1.807) is 0 Å². The number of hydrogen-bond donors (Lipinski definition) is 1. The van der Waals surface area contributed by atoms with Crippen LogP contribution >= 0.6 is 0 Å². The van der Waals surface area contributed by atoms with Gasteiger partial charge in [-0.3, -0.25) is 9.59 Å². The molecule has 0 aromatic heterocycles. The number of aliphatic hydroxyl groups excluding tert-OH is 1. The number of carbonyl (C=O) groups excluding carboxylic acids is 2. The Labute approximate surface area is 400 Å². The number of unbranched alkanes of at least 4 members (excludes halogenated alkanes) is 16. The number of allylic oxidation sites excluding steroid dienone is 22. The van der Waals surface area contributed by atoms with Gasteiger partial charge in [0, 0.05) is 12.8 Å². The fourth-order valence-corrected chi connectivity index (χ4v) is 6.79. The number of aliphatic hydroxyl groups is 1. The predicted octanol–water partition coefficient (Wildman–Crippen LogP) is 17.7. The molecule has 0 rings (SSSR count). The summed E-state index contributed by atoms with van der Waals surface area (Å²) in [4.78, 5) is 24.4. The predicted molar refractivity (Wildman–Crippen MR) is 283 cm³/mol. The highest BCUT2D eigenvalue weighted by Gasteiger charge is 2.16. The van der Waals surface area contributed by atoms with Gasteiger partial charge in [-0.1, -0.05) is 237 Å². The van der Waals surface area contributed by atoms with Crippen molar-refractivity contribution in [2.24, 2.45) is 0 Å². The fourth-order valence-electron chi connectivity index (χ4n) is 6.79. The van der Waals surface area contributed by atoms with E-state index in [0.29, 0.717) is 12.8 Å². The molecule has 0 bridgehead atoms. The molecule has 0 fully saturated rings. The topological polar surface area (TPSA) is 72.8 Å². The minimum Gasteiger partial charge on any atom is -0.462 e. The van der Waals surface area contributed by atoms with E-state index >= 15 is 0 Å². The summed E-state index contributed by atoms with van der Waals surface area (Å²) in [7, 11) is 0. The summed E-state index contributed by atoms with van der Waals surface area (Å²) in [6.07, 6.45) is 81.2. The van der Waals surface area contributed by atoms with E-state index in [1.807, 2.05) is 0 Å². The molecule has 366 valence electrons. The van der Waals surface area contributed by atoms with Crippen molar-refractivity contribution in [2.45, 2.75) is 219 Å². The van der Waals surface area contributed by atoms with Crippen LogP contribution in [0.5, 0.6) is 0 Å². The van der Waals surface area contributed by atoms with Crippen molar-refractivity contribution in [3.63, 3.8) is 0 Å². The lowest BCUT2D eigenvalue weighted by Crippen LogP contribution is -2.28. The van der Waals surface area contributed by atoms with Crippen LogP contribution in [0.1, 0.15) is 213 Å². The highest BCUT2D eigenvalue weighted by atomic mass is 16.6. The first-order valence-corrected chi connectivity index (χ1v) is 26.2. The Bertz CT molecular complexity index is 1380. The lowest BCUT2D eigenvalue weighted by atomic mass is 10.0. The Hall–Kier alpha value is -3.96. The molecule has 0 spiro atoms. The highest BCUT2D eigenvalue weighted by molar-refractivity contribution is 5.70. The van der Waals surface area contributed by atoms with E-state index in [1.165, 1.54) is 70.6 Å². The number of esters is 2. The van der Waals surface area contributed by atoms with Crippen molar-refractivity contribution in [1.82, 2.24) is 0 Å². The molecule has 5 nitrogen and oxygen atoms in total. The average Bonchev–Trinajstić information content (AvgIpc) is 3.31. The van der Waals surface area contributed by atoms with Crippen LogP contribution in [-0.2, 0) is 19.1 Å². The minimum absolute atomic E-state index is 0.0850. The molecule has 65 heavy (non-hydrogen) atoms. The van der Waals surface area contributed by atoms with Crippen LogP contribution in [-0.4, -0.2) is 36.4 Å². The van der Waals surface area contributed by atoms with Crippen LogP contribution < -0.4 is 0 Å². The monoisotopic (exact) mass is 897 g/mol. The maximum atomic E-state index is 12.2. The van der Waals surface area contributed by atoms with Crippen LogP contribution in [0, 0.1) is 0 Å². The van der Waals surface area contributed by atoms with Crippen LogP contribution in [0.4, 0.5) is 0 Å². The first-order valence-electron chi connectivity index (χ1n) is 26.2. The summed E-state index contributed by atoms with van der Waals surface area (Å²) in [6.45, 7) is 3.99. The second-order valence-electron chi connectivity index (χ2n) is 16.9. The molecule has 0 saturated heterocycles. The van der Waals surface area contributed by atoms with Gasteiger partial charge in [0.15, 0.2) is 6.10 Å². The summed E-state index contributed by atoms with van der Waals surface area (Å²) < 4.78 is 10.6. The first-order chi connectivity index (χ1) is 32.1. The molecular weight excluding hydrogens is 801 g/mol. The van der Waals surface area contributed by atoms with Gasteiger partial charge in [-0.2, -0.15) is 0 Å². The van der Waals surface area contributed by atoms with Crippen LogP contribution in [0.3, 0.4) is 0 Å². The molecule has 0 aliphatic heterocycles. The summed E-state index contributed by atoms with van der Waals surface area (Å²) in [5.41, 5.74) is 0. The molecule has 0 aliphatic rings. The summed E-state index contributed by atoms with van der Waals surface area (Å²) in [5, 5.41) is 9.61. The number of rotatable bonds is 46. The Kier molecular flexibility index (Phi) is 51.1. The largest absolute Gasteiger partial charge is 0.462 e. The van der Waals surface area contributed by atoms with Gasteiger partial charge in [-0.15, -0.1) is 0 Å². The molecule has 0 aromatic rings. The van der Waals surface area contributed by atoms with E-state index in [9.17, 15) is 14.7 Å². The molecule has 0 radical (unpaired) electrons. The van der Waals surface area contributed by atoms with Crippen molar-refractivity contribution in [3.05, 3.63) is 134 Å². The molecule has 0 heterocycles. The van der Waals surface area contributed by atoms with Crippen molar-refractivity contribution >= 4 is 11.9 Å². The van der Waals surface area contributed by atoms with Crippen molar-refractivity contribution < 1.29 is 24.2 Å². The number of ether oxygens (including phenoxy) is 2. The molecule has 0 aliphatic carbocycles. The van der Waals surface area contributed by atoms with Crippen molar-refractivity contribution in [3.8, 4) is 0 Å². The van der Waals surface area contributed by atoms with Gasteiger partial charge in [0.1, 0.15) is 6.61 Å². The van der Waals surface area contributed by atoms with E-state index in [0.717, 1.165) is 116 Å². The minimum atomic E-state index is -0.797. The maximum Gasteiger partial charge on any atom is 0.306 e. The van der Waals surface area contributed by atoms with E-state index in [2.05, 4.69) is 148 Å². The van der Waals surface area contributed by atoms with Gasteiger partial charge >= 0.3 is 11.9 Å². The molecule has 0 amide bonds. The fraction of sp³-hybridized carbons (Fsp3) is 0.600. The van der Waals surface area contributed by atoms with Gasteiger partial charge in [0.25, 0.3) is 0 Å². The Morgan fingerprint density at radius 1 is 0.369 bits per heavy atom. The third-order valence-electron chi connectivity index (χ3n) is 10.7. The van der Waals surface area contributed by atoms with Crippen molar-refractivity contribution in [2.75, 3.05) is 13.2 Å². The summed E-state index contributed by atoms with van der Waals surface area (Å²) in [6, 6.07) is 0. The van der Waals surface area contributed by atoms with Crippen molar-refractivity contribution in [1.29, 1.82) is 0 Å². The third-order valence-corrected chi connectivity index (χ3v) is 10.7. The second kappa shape index (κ2) is 54.4. The van der Waals surface area contributed by atoms with Gasteiger partial charge in [0.05, 0.1) is 6.61 Å². The number of carbonyl (C=O) groups is 2. The summed E-state index contributed by atoms with van der Waals surface area (Å²) >= 11 is 0. The SMILES string of the molecule is CC/C=C\C/C=C\C/C=C\C/C=C\C/C=C\C/C=C\C/C=C\C/C=C\C/C=C\C/C=C\C/C=C\CCCCCC(=O)OC(CO)COC(=O)CCCCCCCCCCCCCCCC.